The zero-order valence-electron chi connectivity index (χ0n) is 18.0. The van der Waals surface area contributed by atoms with Crippen LogP contribution in [-0.4, -0.2) is 133 Å². The molecule has 0 radical (unpaired) electrons. The molecule has 34 heavy (non-hydrogen) atoms. The summed E-state index contributed by atoms with van der Waals surface area (Å²) in [6, 6.07) is 5.81. The van der Waals surface area contributed by atoms with Gasteiger partial charge in [-0.25, -0.2) is 4.79 Å². The van der Waals surface area contributed by atoms with Gasteiger partial charge in [-0.1, -0.05) is 12.1 Å². The van der Waals surface area contributed by atoms with Crippen LogP contribution in [0.3, 0.4) is 0 Å². The summed E-state index contributed by atoms with van der Waals surface area (Å²) in [5.41, 5.74) is -0.0671. The number of aliphatic carboxylic acids is 4. The molecule has 8 N–H and O–H groups in total. The third-order valence-corrected chi connectivity index (χ3v) is 3.40. The van der Waals surface area contributed by atoms with E-state index in [2.05, 4.69) is 0 Å². The van der Waals surface area contributed by atoms with E-state index < -0.39 is 56.0 Å². The van der Waals surface area contributed by atoms with Gasteiger partial charge in [0.1, 0.15) is 11.3 Å². The van der Waals surface area contributed by atoms with Crippen molar-refractivity contribution in [2.45, 2.75) is 0 Å². The van der Waals surface area contributed by atoms with Crippen LogP contribution in [0.1, 0.15) is 10.4 Å². The first-order chi connectivity index (χ1) is 15.8. The number of nitrogens with zero attached hydrogens (tertiary/aromatic N) is 2. The molecular formula is C19H28N2O13. The zero-order valence-corrected chi connectivity index (χ0v) is 18.0. The SMILES string of the molecule is O=C(O)CN(CCN(CC(=O)O)CC(=O)O)CC(=O)O.O=C(O)c1ccccc1O.OCCO. The second-order valence-electron chi connectivity index (χ2n) is 6.27. The minimum atomic E-state index is -1.23. The van der Waals surface area contributed by atoms with Crippen LogP contribution in [0.2, 0.25) is 0 Å². The second kappa shape index (κ2) is 18.8. The lowest BCUT2D eigenvalue weighted by Crippen LogP contribution is -2.43. The Morgan fingerprint density at radius 3 is 1.15 bits per heavy atom. The summed E-state index contributed by atoms with van der Waals surface area (Å²) in [7, 11) is 0. The van der Waals surface area contributed by atoms with E-state index >= 15 is 0 Å². The molecule has 0 heterocycles. The summed E-state index contributed by atoms with van der Waals surface area (Å²) in [6.45, 7) is -2.50. The number of para-hydroxylation sites is 1. The molecule has 0 aliphatic heterocycles. The molecule has 15 heteroatoms. The topological polar surface area (TPSA) is 254 Å². The van der Waals surface area contributed by atoms with E-state index in [1.165, 1.54) is 12.1 Å². The zero-order chi connectivity index (χ0) is 26.7. The van der Waals surface area contributed by atoms with Gasteiger partial charge in [-0.05, 0) is 12.1 Å². The van der Waals surface area contributed by atoms with Gasteiger partial charge >= 0.3 is 29.8 Å². The summed E-state index contributed by atoms with van der Waals surface area (Å²) in [6.07, 6.45) is 0. The third kappa shape index (κ3) is 18.9. The van der Waals surface area contributed by atoms with E-state index in [0.717, 1.165) is 9.80 Å². The van der Waals surface area contributed by atoms with Crippen molar-refractivity contribution >= 4 is 29.8 Å². The fraction of sp³-hybridized carbons (Fsp3) is 0.421. The molecule has 0 bridgehead atoms. The second-order valence-corrected chi connectivity index (χ2v) is 6.27. The van der Waals surface area contributed by atoms with E-state index in [-0.39, 0.29) is 37.6 Å². The van der Waals surface area contributed by atoms with Gasteiger partial charge in [0.05, 0.1) is 39.4 Å². The highest BCUT2D eigenvalue weighted by atomic mass is 16.4. The van der Waals surface area contributed by atoms with Crippen LogP contribution in [0.25, 0.3) is 0 Å². The third-order valence-electron chi connectivity index (χ3n) is 3.40. The molecule has 0 amide bonds. The summed E-state index contributed by atoms with van der Waals surface area (Å²) < 4.78 is 0. The van der Waals surface area contributed by atoms with E-state index in [0.29, 0.717) is 0 Å². The molecule has 0 unspecified atom stereocenters. The molecule has 0 spiro atoms. The van der Waals surface area contributed by atoms with Crippen molar-refractivity contribution in [2.75, 3.05) is 52.5 Å². The van der Waals surface area contributed by atoms with Crippen LogP contribution in [0, 0.1) is 0 Å². The average Bonchev–Trinajstić information content (AvgIpc) is 2.71. The van der Waals surface area contributed by atoms with Crippen LogP contribution < -0.4 is 0 Å². The number of rotatable bonds is 13. The first kappa shape index (κ1) is 32.4. The Morgan fingerprint density at radius 2 is 0.941 bits per heavy atom. The van der Waals surface area contributed by atoms with Gasteiger partial charge in [0, 0.05) is 13.1 Å². The number of hydrogen-bond acceptors (Lipinski definition) is 10. The molecule has 15 nitrogen and oxygen atoms in total. The molecule has 0 aliphatic rings. The van der Waals surface area contributed by atoms with Crippen molar-refractivity contribution in [1.29, 1.82) is 0 Å². The molecule has 0 atom stereocenters. The average molecular weight is 492 g/mol. The van der Waals surface area contributed by atoms with Crippen LogP contribution in [-0.2, 0) is 19.2 Å². The van der Waals surface area contributed by atoms with Gasteiger partial charge in [-0.2, -0.15) is 0 Å². The van der Waals surface area contributed by atoms with E-state index in [4.69, 9.17) is 40.9 Å². The van der Waals surface area contributed by atoms with E-state index in [1.54, 1.807) is 12.1 Å². The Kier molecular flexibility index (Phi) is 17.9. The lowest BCUT2D eigenvalue weighted by Gasteiger charge is -2.23. The fourth-order valence-electron chi connectivity index (χ4n) is 2.13. The van der Waals surface area contributed by atoms with E-state index in [1.807, 2.05) is 0 Å². The smallest absolute Gasteiger partial charge is 0.339 e. The maximum Gasteiger partial charge on any atom is 0.339 e. The number of aromatic carboxylic acids is 1. The quantitative estimate of drug-likeness (QED) is 0.148. The highest BCUT2D eigenvalue weighted by Gasteiger charge is 2.18. The van der Waals surface area contributed by atoms with Gasteiger partial charge in [0.25, 0.3) is 0 Å². The normalized spacial score (nSPS) is 9.88. The number of carboxylic acids is 5. The molecule has 1 aromatic carbocycles. The van der Waals surface area contributed by atoms with Crippen LogP contribution >= 0.6 is 0 Å². The predicted octanol–water partition coefficient (Wildman–Crippen LogP) is -2.01. The maximum absolute atomic E-state index is 10.6. The number of carbonyl (C=O) groups is 5. The Morgan fingerprint density at radius 1 is 0.618 bits per heavy atom. The number of benzene rings is 1. The minimum absolute atomic E-state index is 0.0671. The Labute approximate surface area is 193 Å². The molecule has 0 saturated carbocycles. The predicted molar refractivity (Wildman–Crippen MR) is 113 cm³/mol. The van der Waals surface area contributed by atoms with Crippen molar-refractivity contribution in [1.82, 2.24) is 9.80 Å². The lowest BCUT2D eigenvalue weighted by atomic mass is 10.2. The summed E-state index contributed by atoms with van der Waals surface area (Å²) in [5.74, 6) is -6.22. The van der Waals surface area contributed by atoms with Gasteiger partial charge < -0.3 is 40.9 Å². The lowest BCUT2D eigenvalue weighted by molar-refractivity contribution is -0.145. The number of hydrogen-bond donors (Lipinski definition) is 8. The molecule has 0 aromatic heterocycles. The van der Waals surface area contributed by atoms with Gasteiger partial charge in [0.15, 0.2) is 0 Å². The number of aromatic hydroxyl groups is 1. The first-order valence-electron chi connectivity index (χ1n) is 9.38. The first-order valence-corrected chi connectivity index (χ1v) is 9.38. The summed E-state index contributed by atoms with van der Waals surface area (Å²) in [4.78, 5) is 54.6. The number of carboxylic acid groups (broad SMARTS) is 5. The van der Waals surface area contributed by atoms with Crippen molar-refractivity contribution in [2.24, 2.45) is 0 Å². The Bertz CT molecular complexity index is 730. The molecule has 0 fully saturated rings. The number of phenols is 1. The highest BCUT2D eigenvalue weighted by molar-refractivity contribution is 5.90. The van der Waals surface area contributed by atoms with Crippen LogP contribution in [0.5, 0.6) is 5.75 Å². The maximum atomic E-state index is 10.6. The van der Waals surface area contributed by atoms with Gasteiger partial charge in [-0.3, -0.25) is 29.0 Å². The minimum Gasteiger partial charge on any atom is -0.507 e. The van der Waals surface area contributed by atoms with Crippen LogP contribution in [0.4, 0.5) is 0 Å². The molecule has 0 aliphatic carbocycles. The molecule has 0 saturated heterocycles. The largest absolute Gasteiger partial charge is 0.507 e. The van der Waals surface area contributed by atoms with Crippen molar-refractivity contribution in [3.05, 3.63) is 29.8 Å². The standard InChI is InChI=1S/C10H16N2O8.C7H6O3.C2H6O2/c13-7(14)3-11(4-8(15)16)1-2-12(5-9(17)18)6-10(19)20;8-6-4-2-1-3-5(6)7(9)10;3-1-2-4/h1-6H2,(H,13,14)(H,15,16)(H,17,18)(H,19,20);1-4,8H,(H,9,10);3-4H,1-2H2. The number of aliphatic hydroxyl groups is 2. The van der Waals surface area contributed by atoms with Crippen molar-refractivity contribution in [3.8, 4) is 5.75 Å². The number of aliphatic hydroxyl groups excluding tert-OH is 2. The van der Waals surface area contributed by atoms with Gasteiger partial charge in [0.2, 0.25) is 0 Å². The fourth-order valence-corrected chi connectivity index (χ4v) is 2.13. The molecule has 1 aromatic rings. The van der Waals surface area contributed by atoms with Crippen LogP contribution in [0.15, 0.2) is 24.3 Å². The summed E-state index contributed by atoms with van der Waals surface area (Å²) >= 11 is 0. The van der Waals surface area contributed by atoms with Crippen molar-refractivity contribution < 1.29 is 64.8 Å². The molecular weight excluding hydrogens is 464 g/mol. The summed E-state index contributed by atoms with van der Waals surface area (Å²) in [5, 5.41) is 67.0. The highest BCUT2D eigenvalue weighted by Crippen LogP contribution is 2.14. The molecule has 1 rings (SSSR count). The Hall–Kier alpha value is -3.79. The molecule has 192 valence electrons. The van der Waals surface area contributed by atoms with Gasteiger partial charge in [-0.15, -0.1) is 0 Å². The Balaban J connectivity index is 0. The van der Waals surface area contributed by atoms with E-state index in [9.17, 15) is 24.0 Å². The van der Waals surface area contributed by atoms with Crippen molar-refractivity contribution in [3.63, 3.8) is 0 Å². The monoisotopic (exact) mass is 492 g/mol.